The molecule has 0 amide bonds. The zero-order chi connectivity index (χ0) is 7.40. The topological polar surface area (TPSA) is 9.23 Å². The van der Waals surface area contributed by atoms with Crippen LogP contribution in [0, 0.1) is 0 Å². The third kappa shape index (κ3) is 3.96. The Kier molecular flexibility index (Phi) is 7.09. The van der Waals surface area contributed by atoms with Crippen LogP contribution < -0.4 is 0 Å². The van der Waals surface area contributed by atoms with E-state index in [1.807, 2.05) is 0 Å². The second-order valence-corrected chi connectivity index (χ2v) is 27.9. The quantitative estimate of drug-likeness (QED) is 0.500. The minimum atomic E-state index is -0.475. The van der Waals surface area contributed by atoms with Gasteiger partial charge in [-0.15, -0.1) is 24.6 Å². The molecule has 1 saturated heterocycles. The zero-order valence-electron chi connectivity index (χ0n) is 6.57. The van der Waals surface area contributed by atoms with Crippen molar-refractivity contribution in [2.45, 2.75) is 0 Å². The van der Waals surface area contributed by atoms with Crippen LogP contribution in [0.3, 0.4) is 0 Å². The molecule has 0 aromatic carbocycles. The largest absolute Gasteiger partial charge is 0.431 e. The van der Waals surface area contributed by atoms with Crippen molar-refractivity contribution >= 4 is 34.0 Å². The third-order valence-corrected chi connectivity index (χ3v) is 37.9. The van der Waals surface area contributed by atoms with Crippen LogP contribution in [0.4, 0.5) is 0 Å². The Morgan fingerprint density at radius 1 is 1.36 bits per heavy atom. The van der Waals surface area contributed by atoms with Crippen LogP contribution in [0.2, 0.25) is 0 Å². The third-order valence-electron chi connectivity index (χ3n) is 1.94. The summed E-state index contributed by atoms with van der Waals surface area (Å²) in [5.74, 6) is 0. The van der Waals surface area contributed by atoms with E-state index in [2.05, 4.69) is 24.6 Å². The summed E-state index contributed by atoms with van der Waals surface area (Å²) in [6.45, 7) is 7.77. The van der Waals surface area contributed by atoms with Gasteiger partial charge in [-0.3, -0.25) is 0 Å². The van der Waals surface area contributed by atoms with Crippen molar-refractivity contribution in [2.75, 3.05) is 6.23 Å². The first-order valence-electron chi connectivity index (χ1n) is 3.69. The van der Waals surface area contributed by atoms with Gasteiger partial charge in [0.1, 0.15) is 9.28 Å². The summed E-state index contributed by atoms with van der Waals surface area (Å²) in [5.41, 5.74) is 4.49. The maximum atomic E-state index is 5.63. The first-order valence-corrected chi connectivity index (χ1v) is 16.2. The first kappa shape index (κ1) is 12.0. The van der Waals surface area contributed by atoms with E-state index in [0.717, 1.165) is 6.23 Å². The molecule has 0 aromatic rings. The van der Waals surface area contributed by atoms with Gasteiger partial charge in [0.15, 0.2) is 0 Å². The normalized spacial score (nSPS) is 34.5. The Morgan fingerprint density at radius 2 is 2.09 bits per heavy atom. The maximum Gasteiger partial charge on any atom is 0.147 e. The molecule has 2 atom stereocenters. The fourth-order valence-corrected chi connectivity index (χ4v) is 43.0. The van der Waals surface area contributed by atoms with Crippen molar-refractivity contribution in [3.8, 4) is 0 Å². The van der Waals surface area contributed by atoms with Crippen LogP contribution in [0.1, 0.15) is 0 Å². The van der Waals surface area contributed by atoms with Crippen molar-refractivity contribution in [2.24, 2.45) is 0 Å². The maximum absolute atomic E-state index is 5.63. The Labute approximate surface area is 89.9 Å². The van der Waals surface area contributed by atoms with Crippen LogP contribution >= 0.6 is 0 Å². The molecule has 2 unspecified atom stereocenters. The molecule has 1 nitrogen and oxygen atoms in total. The molecule has 1 aliphatic heterocycles. The van der Waals surface area contributed by atoms with Gasteiger partial charge in [0.25, 0.3) is 0 Å². The van der Waals surface area contributed by atoms with E-state index >= 15 is 0 Å². The van der Waals surface area contributed by atoms with Crippen LogP contribution in [-0.4, -0.2) is 40.2 Å². The van der Waals surface area contributed by atoms with E-state index in [-0.39, 0.29) is 38.2 Å². The smallest absolute Gasteiger partial charge is 0.147 e. The van der Waals surface area contributed by atoms with E-state index in [0.29, 0.717) is 8.55 Å². The van der Waals surface area contributed by atoms with Gasteiger partial charge in [0.2, 0.25) is 0 Å². The van der Waals surface area contributed by atoms with E-state index < -0.39 is 8.31 Å². The van der Waals surface area contributed by atoms with Gasteiger partial charge in [0, 0.05) is 35.9 Å². The van der Waals surface area contributed by atoms with Crippen molar-refractivity contribution in [1.82, 2.24) is 0 Å². The predicted molar refractivity (Wildman–Crippen MR) is 57.7 cm³/mol. The second kappa shape index (κ2) is 6.51. The summed E-state index contributed by atoms with van der Waals surface area (Å²) >= 11 is 0. The molecule has 1 heterocycles. The van der Waals surface area contributed by atoms with E-state index in [9.17, 15) is 0 Å². The van der Waals surface area contributed by atoms with Gasteiger partial charge < -0.3 is 4.43 Å². The molecule has 6 heteroatoms. The Bertz CT molecular complexity index is 128. The van der Waals surface area contributed by atoms with Gasteiger partial charge in [-0.2, -0.15) is 0 Å². The van der Waals surface area contributed by atoms with Crippen LogP contribution in [0.5, 0.6) is 0 Å². The van der Waals surface area contributed by atoms with Crippen molar-refractivity contribution in [3.63, 3.8) is 0 Å². The van der Waals surface area contributed by atoms with Gasteiger partial charge in [-0.1, -0.05) is 0 Å². The average Bonchev–Trinajstić information content (AvgIpc) is 2.05. The molecular weight excluding hydrogens is 383 g/mol. The van der Waals surface area contributed by atoms with Gasteiger partial charge in [-0.25, -0.2) is 0 Å². The predicted octanol–water partition coefficient (Wildman–Crippen LogP) is -1.80. The molecule has 1 aliphatic rings. The molecule has 1 fully saturated rings. The van der Waals surface area contributed by atoms with Crippen molar-refractivity contribution in [1.29, 1.82) is 0 Å². The average molecular weight is 398 g/mol. The molecular formula is C5H14OPtSi4. The molecule has 1 rings (SSSR count). The summed E-state index contributed by atoms with van der Waals surface area (Å²) in [7, 11) is -0.580. The van der Waals surface area contributed by atoms with Crippen LogP contribution in [0.15, 0.2) is 24.6 Å². The van der Waals surface area contributed by atoms with Crippen LogP contribution in [0.25, 0.3) is 0 Å². The zero-order valence-corrected chi connectivity index (χ0v) is 14.0. The number of hydrogen-bond donors (Lipinski definition) is 0. The van der Waals surface area contributed by atoms with Crippen LogP contribution in [-0.2, 0) is 25.5 Å². The SMILES string of the molecule is C=C[SiH]1CO[SiH2][SiH](C=C)[SiH2]1.[Pt]. The fourth-order valence-electron chi connectivity index (χ4n) is 1.22. The Hall–Kier alpha value is 0.996. The van der Waals surface area contributed by atoms with Gasteiger partial charge in [0.05, 0.1) is 16.1 Å². The van der Waals surface area contributed by atoms with E-state index in [1.165, 1.54) is 0 Å². The molecule has 0 saturated carbocycles. The van der Waals surface area contributed by atoms with E-state index in [1.54, 1.807) is 0 Å². The second-order valence-electron chi connectivity index (χ2n) is 2.76. The summed E-state index contributed by atoms with van der Waals surface area (Å²) in [6, 6.07) is 0. The molecule has 0 spiro atoms. The van der Waals surface area contributed by atoms with Crippen molar-refractivity contribution in [3.05, 3.63) is 24.6 Å². The summed E-state index contributed by atoms with van der Waals surface area (Å²) in [6.07, 6.45) is 1.14. The van der Waals surface area contributed by atoms with Gasteiger partial charge >= 0.3 is 0 Å². The summed E-state index contributed by atoms with van der Waals surface area (Å²) < 4.78 is 5.63. The molecule has 66 valence electrons. The number of hydrogen-bond acceptors (Lipinski definition) is 1. The fraction of sp³-hybridized carbons (Fsp3) is 0.200. The first-order chi connectivity index (χ1) is 4.86. The Morgan fingerprint density at radius 3 is 2.64 bits per heavy atom. The Balaban J connectivity index is 0.000001000. The molecule has 0 N–H and O–H groups in total. The molecule has 0 aliphatic carbocycles. The molecule has 0 bridgehead atoms. The minimum Gasteiger partial charge on any atom is -0.431 e. The summed E-state index contributed by atoms with van der Waals surface area (Å²) in [4.78, 5) is 0. The molecule has 0 aromatic heterocycles. The number of rotatable bonds is 2. The van der Waals surface area contributed by atoms with Crippen molar-refractivity contribution < 1.29 is 25.5 Å². The standard InChI is InChI=1S/C5H14OSi4.Pt/c1-3-9-5-6-7-10(4-2)8-9;/h3-4,9-10H,1-2,5,7-8H2;. The minimum absolute atomic E-state index is 0. The molecule has 11 heavy (non-hydrogen) atoms. The molecule has 0 radical (unpaired) electrons. The monoisotopic (exact) mass is 397 g/mol. The van der Waals surface area contributed by atoms with Gasteiger partial charge in [-0.05, 0) is 0 Å². The van der Waals surface area contributed by atoms with E-state index in [4.69, 9.17) is 4.43 Å². The summed E-state index contributed by atoms with van der Waals surface area (Å²) in [5, 5.41) is 0.